The zero-order valence-corrected chi connectivity index (χ0v) is 17.0. The lowest BCUT2D eigenvalue weighted by Crippen LogP contribution is -2.33. The van der Waals surface area contributed by atoms with Gasteiger partial charge in [-0.1, -0.05) is 6.07 Å². The van der Waals surface area contributed by atoms with E-state index in [2.05, 4.69) is 15.5 Å². The summed E-state index contributed by atoms with van der Waals surface area (Å²) in [5.74, 6) is -0.281. The van der Waals surface area contributed by atoms with Crippen molar-refractivity contribution in [1.82, 2.24) is 5.32 Å². The Kier molecular flexibility index (Phi) is 7.45. The topological polar surface area (TPSA) is 70.7 Å². The van der Waals surface area contributed by atoms with Crippen molar-refractivity contribution in [2.24, 2.45) is 0 Å². The summed E-state index contributed by atoms with van der Waals surface area (Å²) < 4.78 is 5.04. The van der Waals surface area contributed by atoms with Gasteiger partial charge in [0.05, 0.1) is 10.4 Å². The predicted octanol–water partition coefficient (Wildman–Crippen LogP) is 3.76. The van der Waals surface area contributed by atoms with E-state index in [0.29, 0.717) is 29.3 Å². The van der Waals surface area contributed by atoms with E-state index in [4.69, 9.17) is 4.74 Å². The molecule has 2 N–H and O–H groups in total. The molecule has 2 amide bonds. The molecule has 6 nitrogen and oxygen atoms in total. The van der Waals surface area contributed by atoms with E-state index in [1.54, 1.807) is 19.2 Å². The van der Waals surface area contributed by atoms with Crippen molar-refractivity contribution in [3.8, 4) is 0 Å². The Morgan fingerprint density at radius 1 is 1.14 bits per heavy atom. The highest BCUT2D eigenvalue weighted by atomic mass is 32.1. The first-order valence-corrected chi connectivity index (χ1v) is 10.6. The third-order valence-corrected chi connectivity index (χ3v) is 5.62. The van der Waals surface area contributed by atoms with Gasteiger partial charge < -0.3 is 20.3 Å². The average molecular weight is 402 g/mol. The number of thiophene rings is 1. The lowest BCUT2D eigenvalue weighted by atomic mass is 10.1. The largest absolute Gasteiger partial charge is 0.385 e. The van der Waals surface area contributed by atoms with Gasteiger partial charge in [0.1, 0.15) is 0 Å². The van der Waals surface area contributed by atoms with Crippen LogP contribution < -0.4 is 15.5 Å². The Hall–Kier alpha value is -2.38. The summed E-state index contributed by atoms with van der Waals surface area (Å²) in [4.78, 5) is 28.1. The molecule has 1 fully saturated rings. The molecule has 2 aromatic rings. The van der Waals surface area contributed by atoms with Crippen molar-refractivity contribution in [2.45, 2.75) is 25.7 Å². The maximum atomic E-state index is 12.8. The summed E-state index contributed by atoms with van der Waals surface area (Å²) in [5.41, 5.74) is 2.16. The standard InChI is InChI=1S/C21H27N3O3S/c1-27-13-6-10-22-20(25)17-15-16(23-21(26)19-7-5-14-28-19)8-9-18(17)24-11-3-2-4-12-24/h5,7-9,14-15H,2-4,6,10-13H2,1H3,(H,22,25)(H,23,26). The Labute approximate surface area is 169 Å². The van der Waals surface area contributed by atoms with Crippen molar-refractivity contribution in [2.75, 3.05) is 43.6 Å². The van der Waals surface area contributed by atoms with Gasteiger partial charge in [-0.3, -0.25) is 9.59 Å². The number of carbonyl (C=O) groups is 2. The van der Waals surface area contributed by atoms with E-state index in [0.717, 1.165) is 38.0 Å². The number of amides is 2. The highest BCUT2D eigenvalue weighted by Gasteiger charge is 2.20. The minimum Gasteiger partial charge on any atom is -0.385 e. The number of carbonyl (C=O) groups excluding carboxylic acids is 2. The molecule has 7 heteroatoms. The molecule has 1 aromatic heterocycles. The molecule has 0 unspecified atom stereocenters. The van der Waals surface area contributed by atoms with Gasteiger partial charge in [-0.25, -0.2) is 0 Å². The summed E-state index contributed by atoms with van der Waals surface area (Å²) in [6, 6.07) is 9.22. The van der Waals surface area contributed by atoms with E-state index in [1.807, 2.05) is 23.6 Å². The first-order chi connectivity index (χ1) is 13.7. The minimum absolute atomic E-state index is 0.121. The van der Waals surface area contributed by atoms with Crippen molar-refractivity contribution >= 4 is 34.5 Å². The van der Waals surface area contributed by atoms with Crippen LogP contribution in [-0.2, 0) is 4.74 Å². The highest BCUT2D eigenvalue weighted by Crippen LogP contribution is 2.27. The molecule has 0 atom stereocenters. The van der Waals surface area contributed by atoms with E-state index < -0.39 is 0 Å². The van der Waals surface area contributed by atoms with Gasteiger partial charge in [-0.05, 0) is 55.3 Å². The van der Waals surface area contributed by atoms with Crippen molar-refractivity contribution in [3.05, 3.63) is 46.2 Å². The second-order valence-electron chi connectivity index (χ2n) is 6.81. The van der Waals surface area contributed by atoms with E-state index >= 15 is 0 Å². The summed E-state index contributed by atoms with van der Waals surface area (Å²) in [6.07, 6.45) is 4.25. The molecule has 0 radical (unpaired) electrons. The lowest BCUT2D eigenvalue weighted by molar-refractivity contribution is 0.0947. The Balaban J connectivity index is 1.79. The van der Waals surface area contributed by atoms with Gasteiger partial charge in [-0.2, -0.15) is 0 Å². The SMILES string of the molecule is COCCCNC(=O)c1cc(NC(=O)c2cccs2)ccc1N1CCCCC1. The summed E-state index contributed by atoms with van der Waals surface area (Å²) >= 11 is 1.39. The van der Waals surface area contributed by atoms with Crippen molar-refractivity contribution in [1.29, 1.82) is 0 Å². The quantitative estimate of drug-likeness (QED) is 0.661. The van der Waals surface area contributed by atoms with Gasteiger partial charge in [0.15, 0.2) is 0 Å². The number of hydrogen-bond acceptors (Lipinski definition) is 5. The molecule has 0 aliphatic carbocycles. The molecule has 2 heterocycles. The fraction of sp³-hybridized carbons (Fsp3) is 0.429. The first kappa shape index (κ1) is 20.4. The first-order valence-electron chi connectivity index (χ1n) is 9.70. The normalized spacial score (nSPS) is 14.0. The predicted molar refractivity (Wildman–Crippen MR) is 114 cm³/mol. The van der Waals surface area contributed by atoms with E-state index in [-0.39, 0.29) is 11.8 Å². The fourth-order valence-electron chi connectivity index (χ4n) is 3.32. The molecule has 1 saturated heterocycles. The summed E-state index contributed by atoms with van der Waals surface area (Å²) in [6.45, 7) is 3.06. The number of piperidine rings is 1. The molecule has 1 aliphatic rings. The van der Waals surface area contributed by atoms with E-state index in [1.165, 1.54) is 17.8 Å². The third-order valence-electron chi connectivity index (χ3n) is 4.75. The average Bonchev–Trinajstić information content (AvgIpc) is 3.27. The smallest absolute Gasteiger partial charge is 0.265 e. The Bertz CT molecular complexity index is 786. The maximum absolute atomic E-state index is 12.8. The molecule has 0 bridgehead atoms. The number of nitrogens with zero attached hydrogens (tertiary/aromatic N) is 1. The summed E-state index contributed by atoms with van der Waals surface area (Å²) in [5, 5.41) is 7.73. The number of methoxy groups -OCH3 is 1. The van der Waals surface area contributed by atoms with Crippen LogP contribution in [-0.4, -0.2) is 45.2 Å². The van der Waals surface area contributed by atoms with Crippen LogP contribution >= 0.6 is 11.3 Å². The van der Waals surface area contributed by atoms with Gasteiger partial charge in [0.25, 0.3) is 11.8 Å². The maximum Gasteiger partial charge on any atom is 0.265 e. The number of hydrogen-bond donors (Lipinski definition) is 2. The van der Waals surface area contributed by atoms with Crippen molar-refractivity contribution in [3.63, 3.8) is 0 Å². The molecule has 150 valence electrons. The third kappa shape index (κ3) is 5.33. The number of rotatable bonds is 8. The Morgan fingerprint density at radius 2 is 1.96 bits per heavy atom. The monoisotopic (exact) mass is 401 g/mol. The fourth-order valence-corrected chi connectivity index (χ4v) is 3.94. The van der Waals surface area contributed by atoms with Crippen LogP contribution in [0.15, 0.2) is 35.7 Å². The highest BCUT2D eigenvalue weighted by molar-refractivity contribution is 7.12. The van der Waals surface area contributed by atoms with Gasteiger partial charge >= 0.3 is 0 Å². The van der Waals surface area contributed by atoms with Gasteiger partial charge in [0.2, 0.25) is 0 Å². The molecule has 1 aromatic carbocycles. The number of nitrogens with one attached hydrogen (secondary N) is 2. The summed E-state index contributed by atoms with van der Waals surface area (Å²) in [7, 11) is 1.65. The van der Waals surface area contributed by atoms with Crippen LogP contribution in [0.3, 0.4) is 0 Å². The Morgan fingerprint density at radius 3 is 2.68 bits per heavy atom. The zero-order valence-electron chi connectivity index (χ0n) is 16.2. The molecule has 1 aliphatic heterocycles. The molecule has 0 spiro atoms. The minimum atomic E-state index is -0.160. The van der Waals surface area contributed by atoms with Crippen molar-refractivity contribution < 1.29 is 14.3 Å². The number of anilines is 2. The van der Waals surface area contributed by atoms with Crippen LogP contribution in [0.2, 0.25) is 0 Å². The lowest BCUT2D eigenvalue weighted by Gasteiger charge is -2.30. The van der Waals surface area contributed by atoms with Crippen LogP contribution in [0.25, 0.3) is 0 Å². The van der Waals surface area contributed by atoms with Crippen LogP contribution in [0.4, 0.5) is 11.4 Å². The second-order valence-corrected chi connectivity index (χ2v) is 7.76. The number of benzene rings is 1. The van der Waals surface area contributed by atoms with Crippen LogP contribution in [0.5, 0.6) is 0 Å². The molecule has 28 heavy (non-hydrogen) atoms. The number of ether oxygens (including phenoxy) is 1. The molecular formula is C21H27N3O3S. The van der Waals surface area contributed by atoms with Crippen LogP contribution in [0, 0.1) is 0 Å². The van der Waals surface area contributed by atoms with Gasteiger partial charge in [0, 0.05) is 44.7 Å². The molecule has 0 saturated carbocycles. The zero-order chi connectivity index (χ0) is 19.8. The molecule has 3 rings (SSSR count). The van der Waals surface area contributed by atoms with Gasteiger partial charge in [-0.15, -0.1) is 11.3 Å². The second kappa shape index (κ2) is 10.2. The molecular weight excluding hydrogens is 374 g/mol. The van der Waals surface area contributed by atoms with Crippen LogP contribution in [0.1, 0.15) is 45.7 Å². The van der Waals surface area contributed by atoms with E-state index in [9.17, 15) is 9.59 Å².